The number of hydrogen-bond acceptors (Lipinski definition) is 4. The van der Waals surface area contributed by atoms with Gasteiger partial charge in [0.05, 0.1) is 6.20 Å². The summed E-state index contributed by atoms with van der Waals surface area (Å²) in [6, 6.07) is 1.79. The lowest BCUT2D eigenvalue weighted by Crippen LogP contribution is -2.19. The van der Waals surface area contributed by atoms with Crippen molar-refractivity contribution in [3.63, 3.8) is 0 Å². The van der Waals surface area contributed by atoms with E-state index < -0.39 is 0 Å². The maximum atomic E-state index is 11.6. The normalized spacial score (nSPS) is 10.2. The Bertz CT molecular complexity index is 525. The number of hydrogen-bond donors (Lipinski definition) is 1. The molecule has 0 aliphatic heterocycles. The molecule has 1 amide bonds. The van der Waals surface area contributed by atoms with Gasteiger partial charge >= 0.3 is 0 Å². The Morgan fingerprint density at radius 2 is 2.41 bits per heavy atom. The maximum absolute atomic E-state index is 11.6. The van der Waals surface area contributed by atoms with Crippen molar-refractivity contribution in [2.75, 3.05) is 5.32 Å². The van der Waals surface area contributed by atoms with Gasteiger partial charge in [-0.1, -0.05) is 5.21 Å². The summed E-state index contributed by atoms with van der Waals surface area (Å²) in [6.45, 7) is 2.05. The highest BCUT2D eigenvalue weighted by Crippen LogP contribution is 2.17. The molecule has 0 spiro atoms. The Kier molecular flexibility index (Phi) is 3.48. The van der Waals surface area contributed by atoms with Gasteiger partial charge in [-0.3, -0.25) is 4.79 Å². The minimum Gasteiger partial charge on any atom is -0.309 e. The van der Waals surface area contributed by atoms with Gasteiger partial charge in [-0.05, 0) is 34.5 Å². The predicted octanol–water partition coefficient (Wildman–Crippen LogP) is 1.38. The lowest BCUT2D eigenvalue weighted by atomic mass is 10.3. The maximum Gasteiger partial charge on any atom is 0.247 e. The highest BCUT2D eigenvalue weighted by atomic mass is 79.9. The van der Waals surface area contributed by atoms with Gasteiger partial charge in [0.15, 0.2) is 0 Å². The third-order valence-electron chi connectivity index (χ3n) is 2.09. The van der Waals surface area contributed by atoms with Crippen LogP contribution in [0.1, 0.15) is 5.56 Å². The first-order chi connectivity index (χ1) is 8.15. The van der Waals surface area contributed by atoms with Gasteiger partial charge in [-0.25, -0.2) is 9.67 Å². The van der Waals surface area contributed by atoms with Crippen LogP contribution < -0.4 is 5.32 Å². The van der Waals surface area contributed by atoms with Crippen LogP contribution in [0.15, 0.2) is 29.1 Å². The number of rotatable bonds is 3. The number of pyridine rings is 1. The summed E-state index contributed by atoms with van der Waals surface area (Å²) in [5.41, 5.74) is 1.01. The number of carbonyl (C=O) groups is 1. The minimum absolute atomic E-state index is 0.122. The monoisotopic (exact) mass is 295 g/mol. The average molecular weight is 296 g/mol. The van der Waals surface area contributed by atoms with Gasteiger partial charge in [0.25, 0.3) is 0 Å². The average Bonchev–Trinajstić information content (AvgIpc) is 2.76. The lowest BCUT2D eigenvalue weighted by molar-refractivity contribution is -0.116. The minimum atomic E-state index is -0.190. The van der Waals surface area contributed by atoms with Crippen LogP contribution in [0.25, 0.3) is 0 Å². The first kappa shape index (κ1) is 11.7. The summed E-state index contributed by atoms with van der Waals surface area (Å²) in [4.78, 5) is 15.7. The molecule has 2 heterocycles. The fourth-order valence-corrected chi connectivity index (χ4v) is 1.47. The van der Waals surface area contributed by atoms with Crippen molar-refractivity contribution in [1.29, 1.82) is 0 Å². The number of nitrogens with zero attached hydrogens (tertiary/aromatic N) is 4. The second kappa shape index (κ2) is 5.05. The van der Waals surface area contributed by atoms with Gasteiger partial charge in [-0.15, -0.1) is 5.10 Å². The van der Waals surface area contributed by atoms with Crippen LogP contribution in [0.2, 0.25) is 0 Å². The molecule has 0 aliphatic carbocycles. The molecule has 0 aliphatic rings. The molecule has 0 saturated carbocycles. The van der Waals surface area contributed by atoms with E-state index in [1.807, 2.05) is 6.92 Å². The lowest BCUT2D eigenvalue weighted by Gasteiger charge is -2.05. The zero-order valence-corrected chi connectivity index (χ0v) is 10.7. The number of nitrogens with one attached hydrogen (secondary N) is 1. The summed E-state index contributed by atoms with van der Waals surface area (Å²) < 4.78 is 2.35. The van der Waals surface area contributed by atoms with Crippen molar-refractivity contribution in [2.45, 2.75) is 13.5 Å². The highest BCUT2D eigenvalue weighted by Gasteiger charge is 2.05. The highest BCUT2D eigenvalue weighted by molar-refractivity contribution is 9.10. The molecule has 2 aromatic rings. The van der Waals surface area contributed by atoms with Gasteiger partial charge in [0.1, 0.15) is 12.4 Å². The van der Waals surface area contributed by atoms with E-state index in [4.69, 9.17) is 0 Å². The molecule has 0 fully saturated rings. The molecule has 17 heavy (non-hydrogen) atoms. The third-order valence-corrected chi connectivity index (χ3v) is 2.92. The van der Waals surface area contributed by atoms with Crippen LogP contribution in [-0.2, 0) is 11.3 Å². The van der Waals surface area contributed by atoms with Gasteiger partial charge in [0.2, 0.25) is 5.91 Å². The van der Waals surface area contributed by atoms with E-state index in [2.05, 4.69) is 36.5 Å². The van der Waals surface area contributed by atoms with Crippen LogP contribution in [0.5, 0.6) is 0 Å². The summed E-state index contributed by atoms with van der Waals surface area (Å²) in [6.07, 6.45) is 4.80. The largest absolute Gasteiger partial charge is 0.309 e. The van der Waals surface area contributed by atoms with Crippen molar-refractivity contribution in [1.82, 2.24) is 20.0 Å². The summed E-state index contributed by atoms with van der Waals surface area (Å²) in [5.74, 6) is 0.334. The molecule has 0 saturated heterocycles. The molecule has 0 unspecified atom stereocenters. The van der Waals surface area contributed by atoms with Gasteiger partial charge in [0, 0.05) is 16.9 Å². The molecular formula is C10H10BrN5O. The van der Waals surface area contributed by atoms with Gasteiger partial charge in [-0.2, -0.15) is 0 Å². The van der Waals surface area contributed by atoms with E-state index in [0.29, 0.717) is 5.82 Å². The first-order valence-corrected chi connectivity index (χ1v) is 5.70. The Morgan fingerprint density at radius 3 is 3.06 bits per heavy atom. The van der Waals surface area contributed by atoms with Crippen LogP contribution >= 0.6 is 15.9 Å². The molecule has 1 N–H and O–H groups in total. The quantitative estimate of drug-likeness (QED) is 0.928. The first-order valence-electron chi connectivity index (χ1n) is 4.91. The number of aromatic nitrogens is 4. The molecule has 0 bridgehead atoms. The van der Waals surface area contributed by atoms with Gasteiger partial charge < -0.3 is 5.32 Å². The third kappa shape index (κ3) is 3.10. The second-order valence-corrected chi connectivity index (χ2v) is 4.32. The SMILES string of the molecule is Cc1cc(NC(=O)Cn2ccnn2)ncc1Br. The van der Waals surface area contributed by atoms with E-state index >= 15 is 0 Å². The van der Waals surface area contributed by atoms with E-state index in [9.17, 15) is 4.79 Å². The van der Waals surface area contributed by atoms with Crippen molar-refractivity contribution in [3.8, 4) is 0 Å². The van der Waals surface area contributed by atoms with E-state index in [0.717, 1.165) is 10.0 Å². The molecule has 0 atom stereocenters. The fraction of sp³-hybridized carbons (Fsp3) is 0.200. The van der Waals surface area contributed by atoms with Crippen molar-refractivity contribution < 1.29 is 4.79 Å². The fourth-order valence-electron chi connectivity index (χ4n) is 1.25. The van der Waals surface area contributed by atoms with E-state index in [1.54, 1.807) is 18.5 Å². The smallest absolute Gasteiger partial charge is 0.247 e. The van der Waals surface area contributed by atoms with E-state index in [1.165, 1.54) is 10.9 Å². The molecule has 0 aromatic carbocycles. The van der Waals surface area contributed by atoms with E-state index in [-0.39, 0.29) is 12.5 Å². The summed E-state index contributed by atoms with van der Waals surface area (Å²) in [5, 5.41) is 10.0. The number of aryl methyl sites for hydroxylation is 1. The van der Waals surface area contributed by atoms with Crippen LogP contribution in [-0.4, -0.2) is 25.9 Å². The number of halogens is 1. The Balaban J connectivity index is 2.00. The number of anilines is 1. The second-order valence-electron chi connectivity index (χ2n) is 3.47. The van der Waals surface area contributed by atoms with Crippen molar-refractivity contribution in [3.05, 3.63) is 34.7 Å². The Hall–Kier alpha value is -1.76. The standard InChI is InChI=1S/C10H10BrN5O/c1-7-4-9(12-5-8(7)11)14-10(17)6-16-3-2-13-15-16/h2-5H,6H2,1H3,(H,12,14,17). The molecule has 88 valence electrons. The van der Waals surface area contributed by atoms with Crippen molar-refractivity contribution >= 4 is 27.7 Å². The number of amides is 1. The Labute approximate surface area is 106 Å². The Morgan fingerprint density at radius 1 is 1.59 bits per heavy atom. The molecule has 0 radical (unpaired) electrons. The zero-order chi connectivity index (χ0) is 12.3. The zero-order valence-electron chi connectivity index (χ0n) is 9.09. The van der Waals surface area contributed by atoms with Crippen LogP contribution in [0.3, 0.4) is 0 Å². The molecule has 7 heteroatoms. The molecular weight excluding hydrogens is 286 g/mol. The molecule has 2 aromatic heterocycles. The molecule has 6 nitrogen and oxygen atoms in total. The molecule has 2 rings (SSSR count). The van der Waals surface area contributed by atoms with Crippen LogP contribution in [0, 0.1) is 6.92 Å². The topological polar surface area (TPSA) is 72.7 Å². The van der Waals surface area contributed by atoms with Crippen molar-refractivity contribution in [2.24, 2.45) is 0 Å². The number of carbonyl (C=O) groups excluding carboxylic acids is 1. The summed E-state index contributed by atoms with van der Waals surface area (Å²) >= 11 is 3.35. The summed E-state index contributed by atoms with van der Waals surface area (Å²) in [7, 11) is 0. The predicted molar refractivity (Wildman–Crippen MR) is 65.3 cm³/mol. The van der Waals surface area contributed by atoms with Crippen LogP contribution in [0.4, 0.5) is 5.82 Å².